The third kappa shape index (κ3) is 3.39. The van der Waals surface area contributed by atoms with Crippen molar-refractivity contribution in [3.05, 3.63) is 18.2 Å². The molecule has 98 valence electrons. The average molecular weight is 247 g/mol. The molecule has 0 atom stereocenters. The Morgan fingerprint density at radius 2 is 2.06 bits per heavy atom. The predicted octanol–water partition coefficient (Wildman–Crippen LogP) is 3.49. The Morgan fingerprint density at radius 1 is 1.22 bits per heavy atom. The summed E-state index contributed by atoms with van der Waals surface area (Å²) < 4.78 is 5.60. The van der Waals surface area contributed by atoms with Crippen LogP contribution in [0.5, 0.6) is 6.01 Å². The van der Waals surface area contributed by atoms with Crippen LogP contribution >= 0.6 is 0 Å². The Kier molecular flexibility index (Phi) is 4.45. The monoisotopic (exact) mass is 247 g/mol. The summed E-state index contributed by atoms with van der Waals surface area (Å²) in [6.45, 7) is 2.94. The van der Waals surface area contributed by atoms with Gasteiger partial charge in [-0.15, -0.1) is 0 Å². The molecule has 18 heavy (non-hydrogen) atoms. The SMILES string of the molecule is CCCCCCCOc1nc2ccc(N)cc2[nH]1. The number of nitrogens with two attached hydrogens (primary N) is 1. The Balaban J connectivity index is 1.81. The van der Waals surface area contributed by atoms with E-state index in [0.717, 1.165) is 29.7 Å². The van der Waals surface area contributed by atoms with E-state index in [-0.39, 0.29) is 0 Å². The number of rotatable bonds is 7. The number of aromatic amines is 1. The van der Waals surface area contributed by atoms with Gasteiger partial charge in [0.15, 0.2) is 0 Å². The van der Waals surface area contributed by atoms with Crippen LogP contribution in [0.4, 0.5) is 5.69 Å². The van der Waals surface area contributed by atoms with Crippen LogP contribution in [0.15, 0.2) is 18.2 Å². The number of aromatic nitrogens is 2. The molecule has 2 rings (SSSR count). The molecule has 0 saturated heterocycles. The number of nitrogens with zero attached hydrogens (tertiary/aromatic N) is 1. The molecule has 0 radical (unpaired) electrons. The van der Waals surface area contributed by atoms with E-state index in [4.69, 9.17) is 10.5 Å². The largest absolute Gasteiger partial charge is 0.465 e. The van der Waals surface area contributed by atoms with Gasteiger partial charge in [-0.2, -0.15) is 4.98 Å². The third-order valence-electron chi connectivity index (χ3n) is 2.97. The Morgan fingerprint density at radius 3 is 2.89 bits per heavy atom. The first kappa shape index (κ1) is 12.7. The van der Waals surface area contributed by atoms with E-state index in [1.54, 1.807) is 0 Å². The second-order valence-electron chi connectivity index (χ2n) is 4.58. The van der Waals surface area contributed by atoms with Crippen LogP contribution in [0.3, 0.4) is 0 Å². The summed E-state index contributed by atoms with van der Waals surface area (Å²) in [5, 5.41) is 0. The maximum Gasteiger partial charge on any atom is 0.294 e. The molecule has 1 aromatic carbocycles. The van der Waals surface area contributed by atoms with Crippen molar-refractivity contribution in [2.24, 2.45) is 0 Å². The van der Waals surface area contributed by atoms with Crippen molar-refractivity contribution < 1.29 is 4.74 Å². The first-order valence-corrected chi connectivity index (χ1v) is 6.67. The lowest BCUT2D eigenvalue weighted by atomic mass is 10.2. The third-order valence-corrected chi connectivity index (χ3v) is 2.97. The number of unbranched alkanes of at least 4 members (excludes halogenated alkanes) is 4. The minimum Gasteiger partial charge on any atom is -0.465 e. The maximum absolute atomic E-state index is 5.71. The molecule has 4 heteroatoms. The fourth-order valence-corrected chi connectivity index (χ4v) is 1.95. The molecule has 0 spiro atoms. The number of hydrogen-bond acceptors (Lipinski definition) is 3. The highest BCUT2D eigenvalue weighted by Gasteiger charge is 2.03. The van der Waals surface area contributed by atoms with Crippen LogP contribution in [-0.2, 0) is 0 Å². The van der Waals surface area contributed by atoms with E-state index >= 15 is 0 Å². The number of H-pyrrole nitrogens is 1. The number of nitrogens with one attached hydrogen (secondary N) is 1. The second-order valence-corrected chi connectivity index (χ2v) is 4.58. The van der Waals surface area contributed by atoms with Crippen molar-refractivity contribution in [3.63, 3.8) is 0 Å². The minimum absolute atomic E-state index is 0.589. The number of anilines is 1. The van der Waals surface area contributed by atoms with Gasteiger partial charge < -0.3 is 15.5 Å². The lowest BCUT2D eigenvalue weighted by Gasteiger charge is -2.01. The highest BCUT2D eigenvalue weighted by atomic mass is 16.5. The summed E-state index contributed by atoms with van der Waals surface area (Å²) in [6, 6.07) is 6.20. The van der Waals surface area contributed by atoms with E-state index in [0.29, 0.717) is 6.01 Å². The molecule has 3 N–H and O–H groups in total. The van der Waals surface area contributed by atoms with Gasteiger partial charge >= 0.3 is 0 Å². The van der Waals surface area contributed by atoms with Gasteiger partial charge in [-0.1, -0.05) is 32.6 Å². The maximum atomic E-state index is 5.71. The summed E-state index contributed by atoms with van der Waals surface area (Å²) >= 11 is 0. The molecule has 0 aliphatic heterocycles. The van der Waals surface area contributed by atoms with Crippen LogP contribution in [-0.4, -0.2) is 16.6 Å². The van der Waals surface area contributed by atoms with E-state index in [9.17, 15) is 0 Å². The molecule has 0 saturated carbocycles. The number of nitrogen functional groups attached to an aromatic ring is 1. The summed E-state index contributed by atoms with van der Waals surface area (Å²) in [5.74, 6) is 0. The number of ether oxygens (including phenoxy) is 1. The van der Waals surface area contributed by atoms with Crippen molar-refractivity contribution >= 4 is 16.7 Å². The highest BCUT2D eigenvalue weighted by Crippen LogP contribution is 2.18. The summed E-state index contributed by atoms with van der Waals surface area (Å²) in [7, 11) is 0. The summed E-state index contributed by atoms with van der Waals surface area (Å²) in [5.41, 5.74) is 8.27. The zero-order chi connectivity index (χ0) is 12.8. The normalized spacial score (nSPS) is 10.9. The van der Waals surface area contributed by atoms with Gasteiger partial charge in [0.25, 0.3) is 6.01 Å². The average Bonchev–Trinajstić information content (AvgIpc) is 2.75. The topological polar surface area (TPSA) is 63.9 Å². The summed E-state index contributed by atoms with van der Waals surface area (Å²) in [6.07, 6.45) is 6.17. The molecule has 0 aliphatic carbocycles. The fraction of sp³-hybridized carbons (Fsp3) is 0.500. The lowest BCUT2D eigenvalue weighted by Crippen LogP contribution is -1.98. The highest BCUT2D eigenvalue weighted by molar-refractivity contribution is 5.79. The van der Waals surface area contributed by atoms with Crippen molar-refractivity contribution in [1.82, 2.24) is 9.97 Å². The van der Waals surface area contributed by atoms with Crippen LogP contribution in [0.1, 0.15) is 39.0 Å². The molecule has 4 nitrogen and oxygen atoms in total. The van der Waals surface area contributed by atoms with Gasteiger partial charge in [-0.25, -0.2) is 0 Å². The zero-order valence-electron chi connectivity index (χ0n) is 10.9. The molecule has 2 aromatic rings. The molecular formula is C14H21N3O. The number of fused-ring (bicyclic) bond motifs is 1. The van der Waals surface area contributed by atoms with Gasteiger partial charge in [0, 0.05) is 5.69 Å². The Bertz CT molecular complexity index is 493. The minimum atomic E-state index is 0.589. The van der Waals surface area contributed by atoms with E-state index in [1.807, 2.05) is 18.2 Å². The Hall–Kier alpha value is -1.71. The number of imidazole rings is 1. The second kappa shape index (κ2) is 6.28. The van der Waals surface area contributed by atoms with E-state index < -0.39 is 0 Å². The first-order valence-electron chi connectivity index (χ1n) is 6.67. The molecule has 0 aliphatic rings. The van der Waals surface area contributed by atoms with Gasteiger partial charge in [-0.3, -0.25) is 0 Å². The van der Waals surface area contributed by atoms with Crippen LogP contribution in [0.25, 0.3) is 11.0 Å². The van der Waals surface area contributed by atoms with E-state index in [1.165, 1.54) is 25.7 Å². The van der Waals surface area contributed by atoms with Crippen molar-refractivity contribution in [1.29, 1.82) is 0 Å². The van der Waals surface area contributed by atoms with Crippen LogP contribution in [0, 0.1) is 0 Å². The molecule has 0 amide bonds. The van der Waals surface area contributed by atoms with Crippen molar-refractivity contribution in [2.75, 3.05) is 12.3 Å². The van der Waals surface area contributed by atoms with Crippen LogP contribution in [0.2, 0.25) is 0 Å². The molecular weight excluding hydrogens is 226 g/mol. The molecule has 0 fully saturated rings. The van der Waals surface area contributed by atoms with Gasteiger partial charge in [0.2, 0.25) is 0 Å². The van der Waals surface area contributed by atoms with Crippen molar-refractivity contribution in [2.45, 2.75) is 39.0 Å². The summed E-state index contributed by atoms with van der Waals surface area (Å²) in [4.78, 5) is 7.48. The van der Waals surface area contributed by atoms with Gasteiger partial charge in [0.05, 0.1) is 17.6 Å². The zero-order valence-corrected chi connectivity index (χ0v) is 10.9. The van der Waals surface area contributed by atoms with E-state index in [2.05, 4.69) is 16.9 Å². The lowest BCUT2D eigenvalue weighted by molar-refractivity contribution is 0.285. The molecule has 0 unspecified atom stereocenters. The molecule has 1 aromatic heterocycles. The van der Waals surface area contributed by atoms with Gasteiger partial charge in [-0.05, 0) is 24.6 Å². The quantitative estimate of drug-likeness (QED) is 0.581. The molecule has 0 bridgehead atoms. The number of benzene rings is 1. The Labute approximate surface area is 108 Å². The smallest absolute Gasteiger partial charge is 0.294 e. The molecule has 1 heterocycles. The number of hydrogen-bond donors (Lipinski definition) is 2. The van der Waals surface area contributed by atoms with Gasteiger partial charge in [0.1, 0.15) is 0 Å². The van der Waals surface area contributed by atoms with Crippen LogP contribution < -0.4 is 10.5 Å². The van der Waals surface area contributed by atoms with Crippen molar-refractivity contribution in [3.8, 4) is 6.01 Å². The standard InChI is InChI=1S/C14H21N3O/c1-2-3-4-5-6-9-18-14-16-12-8-7-11(15)10-13(12)17-14/h7-8,10H,2-6,9,15H2,1H3,(H,16,17). The fourth-order valence-electron chi connectivity index (χ4n) is 1.95. The predicted molar refractivity (Wildman–Crippen MR) is 74.8 cm³/mol. The first-order chi connectivity index (χ1) is 8.79.